The summed E-state index contributed by atoms with van der Waals surface area (Å²) in [5.74, 6) is -2.46. The molecule has 0 saturated carbocycles. The van der Waals surface area contributed by atoms with E-state index in [1.807, 2.05) is 39.0 Å². The minimum Gasteiger partial charge on any atom is -0.466 e. The number of aliphatic hydroxyl groups is 1. The predicted molar refractivity (Wildman–Crippen MR) is 135 cm³/mol. The number of fused-ring (bicyclic) bond motifs is 1. The fourth-order valence-corrected chi connectivity index (χ4v) is 6.73. The number of unbranched alkanes of at least 4 members (excludes halogenated alkanes) is 1. The van der Waals surface area contributed by atoms with E-state index < -0.39 is 35.0 Å². The molecule has 4 rings (SSSR count). The van der Waals surface area contributed by atoms with E-state index in [4.69, 9.17) is 9.47 Å². The van der Waals surface area contributed by atoms with Crippen LogP contribution in [-0.4, -0.2) is 71.3 Å². The van der Waals surface area contributed by atoms with Crippen molar-refractivity contribution < 1.29 is 29.0 Å². The number of carbonyl (C=O) groups is 3. The van der Waals surface area contributed by atoms with Crippen LogP contribution >= 0.6 is 0 Å². The molecule has 3 aliphatic rings. The summed E-state index contributed by atoms with van der Waals surface area (Å²) < 4.78 is 12.0. The number of nitrogens with zero attached hydrogens (tertiary/aromatic N) is 2. The fourth-order valence-electron chi connectivity index (χ4n) is 6.73. The lowest BCUT2D eigenvalue weighted by Crippen LogP contribution is -2.56. The standard InChI is InChI=1S/C28H38N2O6/c1-6-15-29(22-18(3)11-10-12-19(22)4)25(33)23-28-14-13-27(5,36-28)21(26(34)35-7-2)20(28)24(32)30(23)16-8-9-17-31/h6,10-12,20-21,23,31H,1,7-9,13-17H2,2-5H3/t20-,21-,23?,27+,28?/m0/s1. The number of rotatable bonds is 10. The van der Waals surface area contributed by atoms with Crippen LogP contribution in [0, 0.1) is 25.7 Å². The van der Waals surface area contributed by atoms with Gasteiger partial charge in [0.15, 0.2) is 0 Å². The van der Waals surface area contributed by atoms with Crippen LogP contribution in [0.15, 0.2) is 30.9 Å². The lowest BCUT2D eigenvalue weighted by molar-refractivity contribution is -0.159. The zero-order valence-electron chi connectivity index (χ0n) is 21.8. The molecule has 196 valence electrons. The smallest absolute Gasteiger partial charge is 0.312 e. The van der Waals surface area contributed by atoms with E-state index in [0.29, 0.717) is 32.2 Å². The highest BCUT2D eigenvalue weighted by atomic mass is 16.6. The number of para-hydroxylation sites is 1. The molecule has 0 radical (unpaired) electrons. The number of aliphatic hydroxyl groups excluding tert-OH is 1. The highest BCUT2D eigenvalue weighted by Gasteiger charge is 2.78. The molecule has 1 N–H and O–H groups in total. The van der Waals surface area contributed by atoms with Gasteiger partial charge in [0, 0.05) is 25.4 Å². The van der Waals surface area contributed by atoms with Gasteiger partial charge >= 0.3 is 5.97 Å². The molecular weight excluding hydrogens is 460 g/mol. The maximum absolute atomic E-state index is 14.5. The van der Waals surface area contributed by atoms with Gasteiger partial charge in [-0.05, 0) is 64.5 Å². The van der Waals surface area contributed by atoms with Crippen molar-refractivity contribution in [3.63, 3.8) is 0 Å². The van der Waals surface area contributed by atoms with Crippen molar-refractivity contribution in [3.8, 4) is 0 Å². The second-order valence-corrected chi connectivity index (χ2v) is 10.4. The lowest BCUT2D eigenvalue weighted by atomic mass is 9.66. The van der Waals surface area contributed by atoms with Gasteiger partial charge in [0.25, 0.3) is 5.91 Å². The molecule has 0 aliphatic carbocycles. The number of amides is 2. The van der Waals surface area contributed by atoms with E-state index in [2.05, 4.69) is 6.58 Å². The molecule has 2 unspecified atom stereocenters. The first kappa shape index (κ1) is 26.4. The summed E-state index contributed by atoms with van der Waals surface area (Å²) in [5.41, 5.74) is 0.734. The summed E-state index contributed by atoms with van der Waals surface area (Å²) in [6, 6.07) is 4.99. The minimum atomic E-state index is -1.10. The quantitative estimate of drug-likeness (QED) is 0.303. The van der Waals surface area contributed by atoms with Crippen LogP contribution in [0.5, 0.6) is 0 Å². The average molecular weight is 499 g/mol. The molecule has 3 heterocycles. The van der Waals surface area contributed by atoms with Crippen molar-refractivity contribution in [3.05, 3.63) is 42.0 Å². The molecular formula is C28H38N2O6. The molecule has 2 amide bonds. The number of anilines is 1. The lowest BCUT2D eigenvalue weighted by Gasteiger charge is -2.37. The summed E-state index contributed by atoms with van der Waals surface area (Å²) in [5, 5.41) is 9.35. The van der Waals surface area contributed by atoms with Crippen LogP contribution in [0.3, 0.4) is 0 Å². The molecule has 1 aromatic carbocycles. The molecule has 2 bridgehead atoms. The molecule has 8 nitrogen and oxygen atoms in total. The number of aryl methyl sites for hydroxylation is 2. The Kier molecular flexibility index (Phi) is 7.30. The van der Waals surface area contributed by atoms with Crippen LogP contribution in [-0.2, 0) is 23.9 Å². The van der Waals surface area contributed by atoms with Gasteiger partial charge in [0.1, 0.15) is 17.6 Å². The SMILES string of the molecule is C=CCN(C(=O)C1N(CCCCO)C(=O)[C@@H]2[C@@H](C(=O)OCC)[C@@]3(C)CCC12O3)c1c(C)cccc1C. The minimum absolute atomic E-state index is 0.000229. The van der Waals surface area contributed by atoms with E-state index in [0.717, 1.165) is 16.8 Å². The summed E-state index contributed by atoms with van der Waals surface area (Å²) in [4.78, 5) is 44.9. The molecule has 8 heteroatoms. The van der Waals surface area contributed by atoms with Gasteiger partial charge in [-0.2, -0.15) is 0 Å². The monoisotopic (exact) mass is 498 g/mol. The average Bonchev–Trinajstić information content (AvgIpc) is 3.39. The summed E-state index contributed by atoms with van der Waals surface area (Å²) >= 11 is 0. The Morgan fingerprint density at radius 3 is 2.58 bits per heavy atom. The number of benzene rings is 1. The number of likely N-dealkylation sites (tertiary alicyclic amines) is 1. The second kappa shape index (κ2) is 9.98. The largest absolute Gasteiger partial charge is 0.466 e. The van der Waals surface area contributed by atoms with Crippen molar-refractivity contribution in [1.82, 2.24) is 4.90 Å². The van der Waals surface area contributed by atoms with E-state index in [9.17, 15) is 19.5 Å². The Labute approximate surface area is 213 Å². The number of hydrogen-bond acceptors (Lipinski definition) is 6. The van der Waals surface area contributed by atoms with Crippen molar-refractivity contribution in [2.24, 2.45) is 11.8 Å². The third-order valence-electron chi connectivity index (χ3n) is 8.15. The van der Waals surface area contributed by atoms with Crippen molar-refractivity contribution in [2.45, 2.75) is 70.6 Å². The van der Waals surface area contributed by atoms with Crippen molar-refractivity contribution in [1.29, 1.82) is 0 Å². The first-order chi connectivity index (χ1) is 17.2. The maximum atomic E-state index is 14.5. The van der Waals surface area contributed by atoms with Gasteiger partial charge in [-0.1, -0.05) is 24.3 Å². The Hall–Kier alpha value is -2.71. The molecule has 36 heavy (non-hydrogen) atoms. The van der Waals surface area contributed by atoms with Crippen LogP contribution in [0.1, 0.15) is 50.7 Å². The molecule has 3 saturated heterocycles. The summed E-state index contributed by atoms with van der Waals surface area (Å²) in [6.07, 6.45) is 3.81. The fraction of sp³-hybridized carbons (Fsp3) is 0.607. The Morgan fingerprint density at radius 2 is 1.97 bits per heavy atom. The van der Waals surface area contributed by atoms with Crippen molar-refractivity contribution >= 4 is 23.5 Å². The molecule has 5 atom stereocenters. The van der Waals surface area contributed by atoms with Gasteiger partial charge < -0.3 is 24.4 Å². The van der Waals surface area contributed by atoms with E-state index in [1.54, 1.807) is 22.8 Å². The number of hydrogen-bond donors (Lipinski definition) is 1. The summed E-state index contributed by atoms with van der Waals surface area (Å²) in [7, 11) is 0. The predicted octanol–water partition coefficient (Wildman–Crippen LogP) is 2.92. The first-order valence-corrected chi connectivity index (χ1v) is 12.9. The van der Waals surface area contributed by atoms with Gasteiger partial charge in [-0.15, -0.1) is 6.58 Å². The van der Waals surface area contributed by atoms with Crippen LogP contribution < -0.4 is 4.90 Å². The molecule has 1 aromatic rings. The number of carbonyl (C=O) groups excluding carboxylic acids is 3. The molecule has 3 aliphatic heterocycles. The summed E-state index contributed by atoms with van der Waals surface area (Å²) in [6.45, 7) is 12.2. The maximum Gasteiger partial charge on any atom is 0.312 e. The molecule has 1 spiro atoms. The van der Waals surface area contributed by atoms with Crippen molar-refractivity contribution in [2.75, 3.05) is 31.2 Å². The topological polar surface area (TPSA) is 96.4 Å². The Morgan fingerprint density at radius 1 is 1.28 bits per heavy atom. The Balaban J connectivity index is 1.81. The normalized spacial score (nSPS) is 30.4. The third kappa shape index (κ3) is 3.95. The molecule has 0 aromatic heterocycles. The Bertz CT molecular complexity index is 1040. The second-order valence-electron chi connectivity index (χ2n) is 10.4. The first-order valence-electron chi connectivity index (χ1n) is 12.9. The zero-order valence-corrected chi connectivity index (χ0v) is 21.8. The number of ether oxygens (including phenoxy) is 2. The van der Waals surface area contributed by atoms with Gasteiger partial charge in [0.2, 0.25) is 5.91 Å². The van der Waals surface area contributed by atoms with E-state index in [1.165, 1.54) is 0 Å². The highest BCUT2D eigenvalue weighted by molar-refractivity contribution is 6.05. The van der Waals surface area contributed by atoms with Gasteiger partial charge in [-0.3, -0.25) is 14.4 Å². The molecule has 3 fully saturated rings. The third-order valence-corrected chi connectivity index (χ3v) is 8.15. The van der Waals surface area contributed by atoms with Gasteiger partial charge in [-0.25, -0.2) is 0 Å². The number of esters is 1. The zero-order chi connectivity index (χ0) is 26.3. The van der Waals surface area contributed by atoms with Crippen LogP contribution in [0.4, 0.5) is 5.69 Å². The van der Waals surface area contributed by atoms with E-state index >= 15 is 0 Å². The highest BCUT2D eigenvalue weighted by Crippen LogP contribution is 2.63. The van der Waals surface area contributed by atoms with E-state index in [-0.39, 0.29) is 31.6 Å². The van der Waals surface area contributed by atoms with Gasteiger partial charge in [0.05, 0.1) is 18.1 Å². The van der Waals surface area contributed by atoms with Crippen LogP contribution in [0.2, 0.25) is 0 Å². The van der Waals surface area contributed by atoms with Crippen LogP contribution in [0.25, 0.3) is 0 Å².